The van der Waals surface area contributed by atoms with E-state index in [1.54, 1.807) is 19.1 Å². The summed E-state index contributed by atoms with van der Waals surface area (Å²) in [5.74, 6) is 5.29. The van der Waals surface area contributed by atoms with Gasteiger partial charge in [0, 0.05) is 6.20 Å². The maximum absolute atomic E-state index is 12.4. The van der Waals surface area contributed by atoms with Gasteiger partial charge in [-0.05, 0) is 30.7 Å². The highest BCUT2D eigenvalue weighted by atomic mass is 32.2. The van der Waals surface area contributed by atoms with Crippen LogP contribution in [0.3, 0.4) is 0 Å². The minimum atomic E-state index is -3.91. The molecule has 2 rings (SSSR count). The number of sulfonamides is 1. The number of nitrogen functional groups attached to an aromatic ring is 1. The molecule has 0 saturated carbocycles. The second kappa shape index (κ2) is 5.78. The van der Waals surface area contributed by atoms with Crippen LogP contribution in [-0.4, -0.2) is 13.4 Å². The van der Waals surface area contributed by atoms with E-state index in [1.165, 1.54) is 24.4 Å². The number of hydrogen-bond acceptors (Lipinski definition) is 6. The molecule has 0 saturated heterocycles. The zero-order valence-corrected chi connectivity index (χ0v) is 12.0. The highest BCUT2D eigenvalue weighted by molar-refractivity contribution is 7.92. The molecule has 0 amide bonds. The standard InChI is InChI=1S/C13H13N5O2S/c1-9-4-2-5-11(10(9)8-14)18-21(19,20)12-6-3-7-16-13(12)17-15/h2-7,18H,15H2,1H3,(H,16,17). The predicted molar refractivity (Wildman–Crippen MR) is 78.7 cm³/mol. The van der Waals surface area contributed by atoms with Crippen molar-refractivity contribution in [2.45, 2.75) is 11.8 Å². The van der Waals surface area contributed by atoms with Gasteiger partial charge < -0.3 is 5.43 Å². The Hall–Kier alpha value is -2.63. The van der Waals surface area contributed by atoms with Gasteiger partial charge in [0.15, 0.2) is 5.82 Å². The number of nitriles is 1. The van der Waals surface area contributed by atoms with Crippen molar-refractivity contribution in [2.24, 2.45) is 5.84 Å². The van der Waals surface area contributed by atoms with Crippen LogP contribution in [-0.2, 0) is 10.0 Å². The molecule has 0 bridgehead atoms. The summed E-state index contributed by atoms with van der Waals surface area (Å²) in [5, 5.41) is 9.14. The number of hydrogen-bond donors (Lipinski definition) is 3. The topological polar surface area (TPSA) is 121 Å². The normalized spacial score (nSPS) is 10.7. The van der Waals surface area contributed by atoms with Crippen molar-refractivity contribution in [3.05, 3.63) is 47.7 Å². The van der Waals surface area contributed by atoms with Gasteiger partial charge in [0.05, 0.1) is 11.3 Å². The number of aromatic nitrogens is 1. The van der Waals surface area contributed by atoms with Gasteiger partial charge in [-0.15, -0.1) is 0 Å². The van der Waals surface area contributed by atoms with Gasteiger partial charge in [0.25, 0.3) is 10.0 Å². The zero-order chi connectivity index (χ0) is 15.5. The van der Waals surface area contributed by atoms with Crippen LogP contribution >= 0.6 is 0 Å². The van der Waals surface area contributed by atoms with E-state index in [0.29, 0.717) is 5.56 Å². The molecular formula is C13H13N5O2S. The first kappa shape index (κ1) is 14.8. The number of hydrazine groups is 1. The lowest BCUT2D eigenvalue weighted by molar-refractivity contribution is 0.601. The SMILES string of the molecule is Cc1cccc(NS(=O)(=O)c2cccnc2NN)c1C#N. The van der Waals surface area contributed by atoms with Crippen molar-refractivity contribution in [1.29, 1.82) is 5.26 Å². The third-order valence-electron chi connectivity index (χ3n) is 2.83. The lowest BCUT2D eigenvalue weighted by Gasteiger charge is -2.12. The number of anilines is 2. The average Bonchev–Trinajstić information content (AvgIpc) is 2.47. The fraction of sp³-hybridized carbons (Fsp3) is 0.0769. The van der Waals surface area contributed by atoms with E-state index in [9.17, 15) is 8.42 Å². The van der Waals surface area contributed by atoms with E-state index in [0.717, 1.165) is 0 Å². The van der Waals surface area contributed by atoms with Crippen molar-refractivity contribution in [3.63, 3.8) is 0 Å². The summed E-state index contributed by atoms with van der Waals surface area (Å²) in [5.41, 5.74) is 3.40. The largest absolute Gasteiger partial charge is 0.307 e. The van der Waals surface area contributed by atoms with E-state index in [1.807, 2.05) is 6.07 Å². The monoisotopic (exact) mass is 303 g/mol. The third-order valence-corrected chi connectivity index (χ3v) is 4.22. The second-order valence-corrected chi connectivity index (χ2v) is 5.86. The van der Waals surface area contributed by atoms with Gasteiger partial charge in [-0.2, -0.15) is 5.26 Å². The lowest BCUT2D eigenvalue weighted by Crippen LogP contribution is -2.19. The zero-order valence-electron chi connectivity index (χ0n) is 11.2. The van der Waals surface area contributed by atoms with Crippen LogP contribution in [0.5, 0.6) is 0 Å². The molecule has 1 heterocycles. The molecule has 0 aliphatic heterocycles. The summed E-state index contributed by atoms with van der Waals surface area (Å²) >= 11 is 0. The molecule has 1 aromatic heterocycles. The maximum atomic E-state index is 12.4. The number of nitrogens with two attached hydrogens (primary N) is 1. The number of aryl methyl sites for hydroxylation is 1. The first-order valence-corrected chi connectivity index (χ1v) is 7.42. The van der Waals surface area contributed by atoms with E-state index in [4.69, 9.17) is 11.1 Å². The fourth-order valence-corrected chi connectivity index (χ4v) is 3.01. The molecule has 8 heteroatoms. The molecule has 2 aromatic rings. The molecule has 7 nitrogen and oxygen atoms in total. The van der Waals surface area contributed by atoms with Crippen LogP contribution in [0, 0.1) is 18.3 Å². The van der Waals surface area contributed by atoms with Crippen molar-refractivity contribution in [3.8, 4) is 6.07 Å². The third kappa shape index (κ3) is 2.94. The Morgan fingerprint density at radius 3 is 2.71 bits per heavy atom. The number of pyridine rings is 1. The Morgan fingerprint density at radius 2 is 2.05 bits per heavy atom. The Morgan fingerprint density at radius 1 is 1.29 bits per heavy atom. The molecule has 108 valence electrons. The van der Waals surface area contributed by atoms with Gasteiger partial charge >= 0.3 is 0 Å². The van der Waals surface area contributed by atoms with Crippen LogP contribution in [0.4, 0.5) is 11.5 Å². The van der Waals surface area contributed by atoms with Crippen LogP contribution < -0.4 is 16.0 Å². The Labute approximate surface area is 122 Å². The van der Waals surface area contributed by atoms with Crippen molar-refractivity contribution in [2.75, 3.05) is 10.1 Å². The molecule has 0 unspecified atom stereocenters. The molecule has 0 aliphatic carbocycles. The molecule has 0 radical (unpaired) electrons. The summed E-state index contributed by atoms with van der Waals surface area (Å²) in [6.07, 6.45) is 1.42. The van der Waals surface area contributed by atoms with Gasteiger partial charge in [0.2, 0.25) is 0 Å². The number of nitrogens with zero attached hydrogens (tertiary/aromatic N) is 2. The first-order valence-electron chi connectivity index (χ1n) is 5.94. The smallest absolute Gasteiger partial charge is 0.265 e. The lowest BCUT2D eigenvalue weighted by atomic mass is 10.1. The summed E-state index contributed by atoms with van der Waals surface area (Å²) in [7, 11) is -3.91. The van der Waals surface area contributed by atoms with Crippen molar-refractivity contribution in [1.82, 2.24) is 4.98 Å². The number of benzene rings is 1. The van der Waals surface area contributed by atoms with E-state index >= 15 is 0 Å². The molecule has 0 atom stereocenters. The highest BCUT2D eigenvalue weighted by Crippen LogP contribution is 2.24. The summed E-state index contributed by atoms with van der Waals surface area (Å²) in [4.78, 5) is 3.75. The van der Waals surface area contributed by atoms with Gasteiger partial charge in [-0.3, -0.25) is 4.72 Å². The van der Waals surface area contributed by atoms with Gasteiger partial charge in [-0.25, -0.2) is 19.2 Å². The maximum Gasteiger partial charge on any atom is 0.265 e. The number of rotatable bonds is 4. The van der Waals surface area contributed by atoms with Crippen LogP contribution in [0.2, 0.25) is 0 Å². The summed E-state index contributed by atoms with van der Waals surface area (Å²) < 4.78 is 27.2. The molecular weight excluding hydrogens is 290 g/mol. The molecule has 21 heavy (non-hydrogen) atoms. The Bertz CT molecular complexity index is 812. The second-order valence-electron chi connectivity index (χ2n) is 4.21. The fourth-order valence-electron chi connectivity index (χ4n) is 1.82. The van der Waals surface area contributed by atoms with Gasteiger partial charge in [0.1, 0.15) is 11.0 Å². The predicted octanol–water partition coefficient (Wildman–Crippen LogP) is 1.35. The molecule has 0 fully saturated rings. The van der Waals surface area contributed by atoms with Crippen molar-refractivity contribution >= 4 is 21.5 Å². The van der Waals surface area contributed by atoms with Crippen LogP contribution in [0.25, 0.3) is 0 Å². The number of nitrogens with one attached hydrogen (secondary N) is 2. The summed E-state index contributed by atoms with van der Waals surface area (Å²) in [6.45, 7) is 1.73. The Kier molecular flexibility index (Phi) is 4.07. The van der Waals surface area contributed by atoms with Crippen LogP contribution in [0.15, 0.2) is 41.4 Å². The van der Waals surface area contributed by atoms with Gasteiger partial charge in [-0.1, -0.05) is 12.1 Å². The van der Waals surface area contributed by atoms with E-state index in [2.05, 4.69) is 15.1 Å². The van der Waals surface area contributed by atoms with Crippen LogP contribution in [0.1, 0.15) is 11.1 Å². The first-order chi connectivity index (χ1) is 9.99. The molecule has 0 spiro atoms. The summed E-state index contributed by atoms with van der Waals surface area (Å²) in [6, 6.07) is 9.75. The Balaban J connectivity index is 2.48. The minimum Gasteiger partial charge on any atom is -0.307 e. The minimum absolute atomic E-state index is 0.0242. The quantitative estimate of drug-likeness (QED) is 0.579. The average molecular weight is 303 g/mol. The van der Waals surface area contributed by atoms with Crippen molar-refractivity contribution < 1.29 is 8.42 Å². The molecule has 4 N–H and O–H groups in total. The highest BCUT2D eigenvalue weighted by Gasteiger charge is 2.20. The van der Waals surface area contributed by atoms with E-state index < -0.39 is 10.0 Å². The van der Waals surface area contributed by atoms with E-state index in [-0.39, 0.29) is 22.0 Å². The molecule has 0 aliphatic rings. The molecule has 1 aromatic carbocycles.